The molecule has 2 aromatic carbocycles. The van der Waals surface area contributed by atoms with E-state index in [9.17, 15) is 0 Å². The van der Waals surface area contributed by atoms with Gasteiger partial charge in [0.05, 0.1) is 0 Å². The molecule has 1 radical (unpaired) electrons. The average molecular weight is 206 g/mol. The maximum Gasteiger partial charge on any atom is 0.0488 e. The molecule has 0 spiro atoms. The molecule has 0 atom stereocenters. The van der Waals surface area contributed by atoms with E-state index in [1.165, 1.54) is 22.2 Å². The number of fused-ring (bicyclic) bond motifs is 1. The Kier molecular flexibility index (Phi) is 2.03. The molecule has 0 fully saturated rings. The van der Waals surface area contributed by atoms with Crippen LogP contribution < -0.4 is 0 Å². The lowest BCUT2D eigenvalue weighted by atomic mass is 10.1. The molecule has 0 N–H and O–H groups in total. The number of hydrogen-bond acceptors (Lipinski definition) is 0. The third kappa shape index (κ3) is 1.33. The standard InChI is InChI=1S/C15H12N/c1-16-14-10-6-5-9-13(14)11-15(16)12-7-3-2-4-8-12/h2-4,6-11H,1H3. The van der Waals surface area contributed by atoms with Crippen LogP contribution in [0.5, 0.6) is 0 Å². The Bertz CT molecular complexity index is 620. The lowest BCUT2D eigenvalue weighted by Crippen LogP contribution is -1.90. The monoisotopic (exact) mass is 206 g/mol. The molecular formula is C15H12N. The first-order chi connectivity index (χ1) is 7.86. The van der Waals surface area contributed by atoms with Crippen molar-refractivity contribution in [1.82, 2.24) is 4.57 Å². The van der Waals surface area contributed by atoms with Gasteiger partial charge in [-0.25, -0.2) is 0 Å². The minimum absolute atomic E-state index is 1.24. The van der Waals surface area contributed by atoms with Crippen molar-refractivity contribution in [2.24, 2.45) is 7.05 Å². The summed E-state index contributed by atoms with van der Waals surface area (Å²) in [5.41, 5.74) is 3.74. The first-order valence-corrected chi connectivity index (χ1v) is 5.37. The van der Waals surface area contributed by atoms with Crippen LogP contribution in [-0.4, -0.2) is 4.57 Å². The van der Waals surface area contributed by atoms with Crippen LogP contribution in [0.15, 0.2) is 54.6 Å². The molecule has 0 bridgehead atoms. The molecule has 1 heteroatoms. The van der Waals surface area contributed by atoms with Gasteiger partial charge in [-0.3, -0.25) is 0 Å². The number of hydrogen-bond donors (Lipinski definition) is 0. The van der Waals surface area contributed by atoms with Crippen molar-refractivity contribution in [3.05, 3.63) is 60.7 Å². The van der Waals surface area contributed by atoms with Crippen molar-refractivity contribution in [3.8, 4) is 11.3 Å². The van der Waals surface area contributed by atoms with Gasteiger partial charge in [-0.1, -0.05) is 36.4 Å². The summed E-state index contributed by atoms with van der Waals surface area (Å²) in [6, 6.07) is 21.9. The summed E-state index contributed by atoms with van der Waals surface area (Å²) in [5.74, 6) is 0. The molecule has 16 heavy (non-hydrogen) atoms. The summed E-state index contributed by atoms with van der Waals surface area (Å²) >= 11 is 0. The fourth-order valence-corrected chi connectivity index (χ4v) is 2.12. The molecule has 1 nitrogen and oxygen atoms in total. The summed E-state index contributed by atoms with van der Waals surface area (Å²) in [6.45, 7) is 0. The van der Waals surface area contributed by atoms with Crippen LogP contribution in [0.4, 0.5) is 0 Å². The zero-order valence-corrected chi connectivity index (χ0v) is 9.14. The summed E-state index contributed by atoms with van der Waals surface area (Å²) in [7, 11) is 2.10. The van der Waals surface area contributed by atoms with Gasteiger partial charge in [-0.05, 0) is 29.8 Å². The fourth-order valence-electron chi connectivity index (χ4n) is 2.12. The molecular weight excluding hydrogens is 194 g/mol. The number of nitrogens with zero attached hydrogens (tertiary/aromatic N) is 1. The Labute approximate surface area is 95.0 Å². The van der Waals surface area contributed by atoms with E-state index < -0.39 is 0 Å². The van der Waals surface area contributed by atoms with Gasteiger partial charge in [-0.15, -0.1) is 0 Å². The highest BCUT2D eigenvalue weighted by atomic mass is 14.9. The molecule has 0 aliphatic carbocycles. The summed E-state index contributed by atoms with van der Waals surface area (Å²) in [6.07, 6.45) is 0. The van der Waals surface area contributed by atoms with Crippen molar-refractivity contribution in [1.29, 1.82) is 0 Å². The highest BCUT2D eigenvalue weighted by Crippen LogP contribution is 2.26. The third-order valence-electron chi connectivity index (χ3n) is 2.96. The fraction of sp³-hybridized carbons (Fsp3) is 0.0667. The Morgan fingerprint density at radius 1 is 1.06 bits per heavy atom. The van der Waals surface area contributed by atoms with Gasteiger partial charge in [0.25, 0.3) is 0 Å². The van der Waals surface area contributed by atoms with Crippen molar-refractivity contribution >= 4 is 10.9 Å². The predicted molar refractivity (Wildman–Crippen MR) is 67.2 cm³/mol. The number of aromatic nitrogens is 1. The van der Waals surface area contributed by atoms with E-state index in [0.29, 0.717) is 0 Å². The van der Waals surface area contributed by atoms with E-state index in [4.69, 9.17) is 0 Å². The number of aryl methyl sites for hydroxylation is 1. The van der Waals surface area contributed by atoms with Crippen LogP contribution >= 0.6 is 0 Å². The maximum absolute atomic E-state index is 3.11. The largest absolute Gasteiger partial charge is 0.344 e. The molecule has 1 heterocycles. The van der Waals surface area contributed by atoms with Gasteiger partial charge < -0.3 is 4.57 Å². The first-order valence-electron chi connectivity index (χ1n) is 5.37. The molecule has 1 aromatic heterocycles. The van der Waals surface area contributed by atoms with E-state index >= 15 is 0 Å². The quantitative estimate of drug-likeness (QED) is 0.572. The lowest BCUT2D eigenvalue weighted by Gasteiger charge is -2.03. The topological polar surface area (TPSA) is 4.93 Å². The molecule has 77 valence electrons. The van der Waals surface area contributed by atoms with E-state index in [2.05, 4.69) is 54.1 Å². The van der Waals surface area contributed by atoms with Crippen molar-refractivity contribution in [2.75, 3.05) is 0 Å². The van der Waals surface area contributed by atoms with Gasteiger partial charge >= 0.3 is 0 Å². The Balaban J connectivity index is 2.29. The molecule has 3 aromatic rings. The van der Waals surface area contributed by atoms with Crippen LogP contribution in [0.1, 0.15) is 0 Å². The molecule has 0 saturated heterocycles. The van der Waals surface area contributed by atoms with Crippen molar-refractivity contribution in [3.63, 3.8) is 0 Å². The molecule has 0 aliphatic rings. The minimum atomic E-state index is 1.24. The zero-order chi connectivity index (χ0) is 11.0. The predicted octanol–water partition coefficient (Wildman–Crippen LogP) is 3.65. The highest BCUT2D eigenvalue weighted by molar-refractivity contribution is 5.86. The van der Waals surface area contributed by atoms with Gasteiger partial charge in [-0.2, -0.15) is 0 Å². The number of benzene rings is 2. The van der Waals surface area contributed by atoms with Crippen LogP contribution in [-0.2, 0) is 7.05 Å². The van der Waals surface area contributed by atoms with Crippen LogP contribution in [0.3, 0.4) is 0 Å². The molecule has 0 saturated carbocycles. The minimum Gasteiger partial charge on any atom is -0.344 e. The van der Waals surface area contributed by atoms with Crippen LogP contribution in [0.25, 0.3) is 22.2 Å². The van der Waals surface area contributed by atoms with Crippen LogP contribution in [0.2, 0.25) is 0 Å². The highest BCUT2D eigenvalue weighted by Gasteiger charge is 2.05. The smallest absolute Gasteiger partial charge is 0.0488 e. The van der Waals surface area contributed by atoms with E-state index in [1.807, 2.05) is 18.2 Å². The SMILES string of the molecule is Cn1c(-c2ccccc2)cc2c[c]ccc21. The number of rotatable bonds is 1. The molecule has 0 aliphatic heterocycles. The normalized spacial score (nSPS) is 10.8. The summed E-state index contributed by atoms with van der Waals surface area (Å²) in [4.78, 5) is 0. The molecule has 3 rings (SSSR count). The van der Waals surface area contributed by atoms with Crippen LogP contribution in [0, 0.1) is 6.07 Å². The van der Waals surface area contributed by atoms with Crippen molar-refractivity contribution < 1.29 is 0 Å². The molecule has 0 amide bonds. The van der Waals surface area contributed by atoms with Gasteiger partial charge in [0.1, 0.15) is 0 Å². The maximum atomic E-state index is 3.11. The average Bonchev–Trinajstić information content (AvgIpc) is 2.69. The Morgan fingerprint density at radius 2 is 1.88 bits per heavy atom. The van der Waals surface area contributed by atoms with Gasteiger partial charge in [0.2, 0.25) is 0 Å². The van der Waals surface area contributed by atoms with Gasteiger partial charge in [0, 0.05) is 23.6 Å². The first kappa shape index (κ1) is 9.22. The second-order valence-electron chi connectivity index (χ2n) is 3.94. The zero-order valence-electron chi connectivity index (χ0n) is 9.14. The molecule has 0 unspecified atom stereocenters. The summed E-state index contributed by atoms with van der Waals surface area (Å²) < 4.78 is 2.22. The third-order valence-corrected chi connectivity index (χ3v) is 2.96. The summed E-state index contributed by atoms with van der Waals surface area (Å²) in [5, 5.41) is 1.24. The Hall–Kier alpha value is -2.02. The van der Waals surface area contributed by atoms with Gasteiger partial charge in [0.15, 0.2) is 0 Å². The van der Waals surface area contributed by atoms with E-state index in [-0.39, 0.29) is 0 Å². The van der Waals surface area contributed by atoms with Crippen molar-refractivity contribution in [2.45, 2.75) is 0 Å². The second-order valence-corrected chi connectivity index (χ2v) is 3.94. The lowest BCUT2D eigenvalue weighted by molar-refractivity contribution is 0.978. The Morgan fingerprint density at radius 3 is 2.62 bits per heavy atom. The van der Waals surface area contributed by atoms with E-state index in [0.717, 1.165) is 0 Å². The second kappa shape index (κ2) is 3.53. The van der Waals surface area contributed by atoms with E-state index in [1.54, 1.807) is 0 Å².